The molecule has 0 fully saturated rings. The summed E-state index contributed by atoms with van der Waals surface area (Å²) in [6, 6.07) is 5.17. The molecular weight excluding hydrogens is 310 g/mol. The maximum absolute atomic E-state index is 12.0. The van der Waals surface area contributed by atoms with Crippen molar-refractivity contribution in [3.05, 3.63) is 23.9 Å². The number of hydrogen-bond acceptors (Lipinski definition) is 5. The van der Waals surface area contributed by atoms with Gasteiger partial charge in [-0.05, 0) is 18.2 Å². The van der Waals surface area contributed by atoms with Gasteiger partial charge >= 0.3 is 0 Å². The Morgan fingerprint density at radius 3 is 2.42 bits per heavy atom. The van der Waals surface area contributed by atoms with E-state index >= 15 is 0 Å². The predicted molar refractivity (Wildman–Crippen MR) is 89.5 cm³/mol. The molecule has 7 nitrogen and oxygen atoms in total. The van der Waals surface area contributed by atoms with Crippen LogP contribution in [0.5, 0.6) is 17.2 Å². The minimum Gasteiger partial charge on any atom is -0.493 e. The first-order chi connectivity index (χ1) is 11.6. The van der Waals surface area contributed by atoms with Crippen molar-refractivity contribution in [2.45, 2.75) is 6.42 Å². The molecule has 0 aliphatic heterocycles. The molecule has 0 spiro atoms. The zero-order valence-electron chi connectivity index (χ0n) is 13.8. The number of aromatic nitrogens is 2. The number of nitrogens with one attached hydrogen (secondary N) is 2. The molecule has 126 valence electrons. The van der Waals surface area contributed by atoms with Crippen molar-refractivity contribution < 1.29 is 19.0 Å². The largest absolute Gasteiger partial charge is 0.493 e. The van der Waals surface area contributed by atoms with Crippen LogP contribution < -0.4 is 19.5 Å². The Balaban J connectivity index is 2.29. The van der Waals surface area contributed by atoms with Gasteiger partial charge in [0.1, 0.15) is 5.69 Å². The molecule has 24 heavy (non-hydrogen) atoms. The van der Waals surface area contributed by atoms with E-state index in [9.17, 15) is 4.79 Å². The summed E-state index contributed by atoms with van der Waals surface area (Å²) in [5, 5.41) is 9.58. The lowest BCUT2D eigenvalue weighted by Gasteiger charge is -2.13. The van der Waals surface area contributed by atoms with Crippen LogP contribution in [0.25, 0.3) is 11.3 Å². The molecular formula is C17H19N3O4. The average Bonchev–Trinajstić information content (AvgIpc) is 3.10. The van der Waals surface area contributed by atoms with E-state index in [0.717, 1.165) is 5.56 Å². The molecule has 1 aromatic heterocycles. The zero-order valence-corrected chi connectivity index (χ0v) is 13.8. The molecule has 0 radical (unpaired) electrons. The van der Waals surface area contributed by atoms with Crippen LogP contribution in [-0.4, -0.2) is 44.0 Å². The highest BCUT2D eigenvalue weighted by atomic mass is 16.5. The number of terminal acetylenes is 1. The normalized spacial score (nSPS) is 9.92. The minimum absolute atomic E-state index is 0.267. The van der Waals surface area contributed by atoms with Gasteiger partial charge in [-0.1, -0.05) is 0 Å². The topological polar surface area (TPSA) is 85.5 Å². The summed E-state index contributed by atoms with van der Waals surface area (Å²) in [6.45, 7) is 0.411. The van der Waals surface area contributed by atoms with Gasteiger partial charge in [-0.3, -0.25) is 9.89 Å². The van der Waals surface area contributed by atoms with Crippen LogP contribution in [0.3, 0.4) is 0 Å². The van der Waals surface area contributed by atoms with Crippen LogP contribution in [0.15, 0.2) is 18.2 Å². The molecule has 0 saturated heterocycles. The van der Waals surface area contributed by atoms with Gasteiger partial charge in [0.15, 0.2) is 11.5 Å². The Hall–Kier alpha value is -3.14. The Labute approximate surface area is 140 Å². The lowest BCUT2D eigenvalue weighted by Crippen LogP contribution is -2.24. The summed E-state index contributed by atoms with van der Waals surface area (Å²) >= 11 is 0. The number of hydrogen-bond donors (Lipinski definition) is 2. The highest BCUT2D eigenvalue weighted by Gasteiger charge is 2.17. The summed E-state index contributed by atoms with van der Waals surface area (Å²) in [6.07, 6.45) is 5.63. The third kappa shape index (κ3) is 3.60. The Bertz CT molecular complexity index is 736. The molecule has 2 aromatic rings. The summed E-state index contributed by atoms with van der Waals surface area (Å²) in [5.74, 6) is 3.70. The van der Waals surface area contributed by atoms with Crippen LogP contribution >= 0.6 is 0 Å². The number of rotatable bonds is 7. The standard InChI is InChI=1S/C17H19N3O4/c1-5-6-7-18-17(21)13-10-12(19-20-13)11-8-14(22-2)16(24-4)15(9-11)23-3/h1,8-10H,6-7H2,2-4H3,(H,18,21)(H,19,20). The summed E-state index contributed by atoms with van der Waals surface area (Å²) < 4.78 is 15.9. The quantitative estimate of drug-likeness (QED) is 0.598. The first-order valence-electron chi connectivity index (χ1n) is 7.22. The molecule has 1 amide bonds. The number of carbonyl (C=O) groups excluding carboxylic acids is 1. The molecule has 0 unspecified atom stereocenters. The number of amides is 1. The maximum atomic E-state index is 12.0. The van der Waals surface area contributed by atoms with Crippen molar-refractivity contribution in [3.63, 3.8) is 0 Å². The molecule has 2 N–H and O–H groups in total. The van der Waals surface area contributed by atoms with E-state index in [1.54, 1.807) is 18.2 Å². The van der Waals surface area contributed by atoms with Gasteiger partial charge in [-0.25, -0.2) is 0 Å². The van der Waals surface area contributed by atoms with E-state index in [4.69, 9.17) is 20.6 Å². The van der Waals surface area contributed by atoms with Crippen molar-refractivity contribution in [2.75, 3.05) is 27.9 Å². The number of ether oxygens (including phenoxy) is 3. The van der Waals surface area contributed by atoms with E-state index in [2.05, 4.69) is 21.4 Å². The number of nitrogens with zero attached hydrogens (tertiary/aromatic N) is 1. The fourth-order valence-electron chi connectivity index (χ4n) is 2.16. The number of H-pyrrole nitrogens is 1. The predicted octanol–water partition coefficient (Wildman–Crippen LogP) is 1.86. The second-order valence-electron chi connectivity index (χ2n) is 4.79. The number of aromatic amines is 1. The molecule has 1 heterocycles. The maximum Gasteiger partial charge on any atom is 0.269 e. The lowest BCUT2D eigenvalue weighted by molar-refractivity contribution is 0.0949. The molecule has 0 aliphatic rings. The lowest BCUT2D eigenvalue weighted by atomic mass is 10.1. The van der Waals surface area contributed by atoms with Crippen LogP contribution in [0.1, 0.15) is 16.9 Å². The molecule has 2 rings (SSSR count). The zero-order chi connectivity index (χ0) is 17.5. The van der Waals surface area contributed by atoms with Crippen molar-refractivity contribution >= 4 is 5.91 Å². The van der Waals surface area contributed by atoms with E-state index in [1.807, 2.05) is 0 Å². The van der Waals surface area contributed by atoms with Gasteiger partial charge in [-0.2, -0.15) is 5.10 Å². The molecule has 7 heteroatoms. The van der Waals surface area contributed by atoms with Crippen LogP contribution in [0.4, 0.5) is 0 Å². The second-order valence-corrected chi connectivity index (χ2v) is 4.79. The Morgan fingerprint density at radius 1 is 1.21 bits per heavy atom. The number of benzene rings is 1. The highest BCUT2D eigenvalue weighted by molar-refractivity contribution is 5.93. The molecule has 0 saturated carbocycles. The van der Waals surface area contributed by atoms with Crippen LogP contribution in [-0.2, 0) is 0 Å². The third-order valence-corrected chi connectivity index (χ3v) is 3.34. The van der Waals surface area contributed by atoms with E-state index in [0.29, 0.717) is 41.6 Å². The van der Waals surface area contributed by atoms with Crippen LogP contribution in [0.2, 0.25) is 0 Å². The van der Waals surface area contributed by atoms with Gasteiger partial charge in [0.2, 0.25) is 5.75 Å². The first kappa shape index (κ1) is 17.2. The van der Waals surface area contributed by atoms with Gasteiger partial charge < -0.3 is 19.5 Å². The SMILES string of the molecule is C#CCCNC(=O)c1cc(-c2cc(OC)c(OC)c(OC)c2)n[nH]1. The summed E-state index contributed by atoms with van der Waals surface area (Å²) in [5.41, 5.74) is 1.65. The first-order valence-corrected chi connectivity index (χ1v) is 7.22. The molecule has 0 atom stereocenters. The third-order valence-electron chi connectivity index (χ3n) is 3.34. The smallest absolute Gasteiger partial charge is 0.269 e. The fraction of sp³-hybridized carbons (Fsp3) is 0.294. The second kappa shape index (κ2) is 7.92. The van der Waals surface area contributed by atoms with Gasteiger partial charge in [0.05, 0.1) is 27.0 Å². The summed E-state index contributed by atoms with van der Waals surface area (Å²) in [4.78, 5) is 12.0. The van der Waals surface area contributed by atoms with Gasteiger partial charge in [0.25, 0.3) is 5.91 Å². The number of methoxy groups -OCH3 is 3. The minimum atomic E-state index is -0.267. The van der Waals surface area contributed by atoms with E-state index < -0.39 is 0 Å². The van der Waals surface area contributed by atoms with E-state index in [-0.39, 0.29) is 5.91 Å². The highest BCUT2D eigenvalue weighted by Crippen LogP contribution is 2.40. The fourth-order valence-corrected chi connectivity index (χ4v) is 2.16. The number of carbonyl (C=O) groups is 1. The average molecular weight is 329 g/mol. The monoisotopic (exact) mass is 329 g/mol. The van der Waals surface area contributed by atoms with Crippen molar-refractivity contribution in [2.24, 2.45) is 0 Å². The Kier molecular flexibility index (Phi) is 5.68. The molecule has 0 aliphatic carbocycles. The van der Waals surface area contributed by atoms with Crippen LogP contribution in [0, 0.1) is 12.3 Å². The van der Waals surface area contributed by atoms with Crippen molar-refractivity contribution in [3.8, 4) is 40.8 Å². The molecule has 0 bridgehead atoms. The Morgan fingerprint density at radius 2 is 1.88 bits per heavy atom. The van der Waals surface area contributed by atoms with Crippen molar-refractivity contribution in [1.82, 2.24) is 15.5 Å². The van der Waals surface area contributed by atoms with Gasteiger partial charge in [-0.15, -0.1) is 12.3 Å². The molecule has 1 aromatic carbocycles. The van der Waals surface area contributed by atoms with E-state index in [1.165, 1.54) is 21.3 Å². The van der Waals surface area contributed by atoms with Gasteiger partial charge in [0, 0.05) is 18.5 Å². The van der Waals surface area contributed by atoms with Crippen molar-refractivity contribution in [1.29, 1.82) is 0 Å². The summed E-state index contributed by atoms with van der Waals surface area (Å²) in [7, 11) is 4.61.